The van der Waals surface area contributed by atoms with Gasteiger partial charge in [0.1, 0.15) is 0 Å². The number of carbonyl (C=O) groups excluding carboxylic acids is 2. The van der Waals surface area contributed by atoms with Gasteiger partial charge in [-0.15, -0.1) is 12.4 Å². The summed E-state index contributed by atoms with van der Waals surface area (Å²) in [6.45, 7) is 4.84. The maximum absolute atomic E-state index is 13.0. The predicted octanol–water partition coefficient (Wildman–Crippen LogP) is 0.778. The summed E-state index contributed by atoms with van der Waals surface area (Å²) in [5, 5.41) is 5.19. The van der Waals surface area contributed by atoms with Crippen molar-refractivity contribution in [3.05, 3.63) is 0 Å². The second kappa shape index (κ2) is 6.67. The lowest BCUT2D eigenvalue weighted by Gasteiger charge is -2.24. The van der Waals surface area contributed by atoms with Gasteiger partial charge in [0.15, 0.2) is 0 Å². The van der Waals surface area contributed by atoms with Gasteiger partial charge in [-0.05, 0) is 20.8 Å². The van der Waals surface area contributed by atoms with Gasteiger partial charge in [0.2, 0.25) is 11.8 Å². The molecule has 118 valence electrons. The molecule has 1 aliphatic heterocycles. The van der Waals surface area contributed by atoms with Crippen LogP contribution in [0.15, 0.2) is 0 Å². The smallest absolute Gasteiger partial charge is 0.262 e. The first kappa shape index (κ1) is 19.1. The molecule has 0 aromatic heterocycles. The number of alkyl halides is 2. The van der Waals surface area contributed by atoms with Crippen LogP contribution in [-0.4, -0.2) is 54.4 Å². The van der Waals surface area contributed by atoms with Gasteiger partial charge in [-0.25, -0.2) is 8.78 Å². The number of amides is 2. The highest BCUT2D eigenvalue weighted by molar-refractivity contribution is 5.87. The molecule has 5 nitrogen and oxygen atoms in total. The van der Waals surface area contributed by atoms with Crippen LogP contribution < -0.4 is 10.6 Å². The Hall–Kier alpha value is -0.950. The van der Waals surface area contributed by atoms with Crippen LogP contribution in [-0.2, 0) is 9.59 Å². The van der Waals surface area contributed by atoms with E-state index in [0.29, 0.717) is 0 Å². The number of hydrogen-bond donors (Lipinski definition) is 2. The lowest BCUT2D eigenvalue weighted by molar-refractivity contribution is -0.137. The summed E-state index contributed by atoms with van der Waals surface area (Å²) in [7, 11) is 1.43. The van der Waals surface area contributed by atoms with Crippen molar-refractivity contribution >= 4 is 24.2 Å². The molecule has 0 bridgehead atoms. The molecular weight excluding hydrogens is 292 g/mol. The van der Waals surface area contributed by atoms with Gasteiger partial charge < -0.3 is 10.2 Å². The fraction of sp³-hybridized carbons (Fsp3) is 0.833. The van der Waals surface area contributed by atoms with Gasteiger partial charge in [0.25, 0.3) is 5.92 Å². The van der Waals surface area contributed by atoms with Crippen molar-refractivity contribution in [1.29, 1.82) is 0 Å². The zero-order chi connectivity index (χ0) is 14.8. The van der Waals surface area contributed by atoms with Crippen molar-refractivity contribution in [2.24, 2.45) is 0 Å². The molecule has 2 N–H and O–H groups in total. The fourth-order valence-corrected chi connectivity index (χ4v) is 1.91. The van der Waals surface area contributed by atoms with Crippen LogP contribution in [0.5, 0.6) is 0 Å². The van der Waals surface area contributed by atoms with Crippen LogP contribution in [0.4, 0.5) is 8.78 Å². The van der Waals surface area contributed by atoms with E-state index in [0.717, 1.165) is 0 Å². The molecule has 1 saturated heterocycles. The van der Waals surface area contributed by atoms with Crippen molar-refractivity contribution < 1.29 is 18.4 Å². The van der Waals surface area contributed by atoms with Gasteiger partial charge in [-0.2, -0.15) is 0 Å². The maximum Gasteiger partial charge on any atom is 0.262 e. The minimum absolute atomic E-state index is 0. The van der Waals surface area contributed by atoms with E-state index in [4.69, 9.17) is 0 Å². The van der Waals surface area contributed by atoms with Gasteiger partial charge in [-0.3, -0.25) is 14.9 Å². The third-order valence-electron chi connectivity index (χ3n) is 2.68. The molecule has 1 atom stereocenters. The third-order valence-corrected chi connectivity index (χ3v) is 2.68. The molecule has 0 aromatic carbocycles. The Morgan fingerprint density at radius 2 is 1.95 bits per heavy atom. The number of hydrogen-bond acceptors (Lipinski definition) is 3. The topological polar surface area (TPSA) is 61.4 Å². The molecular formula is C12H22ClF2N3O2. The monoisotopic (exact) mass is 313 g/mol. The largest absolute Gasteiger partial charge is 0.350 e. The summed E-state index contributed by atoms with van der Waals surface area (Å²) in [6.07, 6.45) is -0.517. The molecule has 0 aliphatic carbocycles. The van der Waals surface area contributed by atoms with Gasteiger partial charge in [0, 0.05) is 19.0 Å². The molecule has 1 aliphatic rings. The third kappa shape index (κ3) is 6.00. The van der Waals surface area contributed by atoms with Crippen molar-refractivity contribution in [2.75, 3.05) is 20.1 Å². The zero-order valence-electron chi connectivity index (χ0n) is 12.1. The van der Waals surface area contributed by atoms with E-state index < -0.39 is 30.8 Å². The minimum atomic E-state index is -2.85. The standard InChI is InChI=1S/C12H21F2N3O2.ClH/c1-11(2,3)16-9(18)6-17(4)10(19)8-5-12(13,14)7-15-8;/h8,15H,5-7H2,1-4H3,(H,16,18);1H. The summed E-state index contributed by atoms with van der Waals surface area (Å²) in [5.41, 5.74) is -0.389. The average molecular weight is 314 g/mol. The number of nitrogens with one attached hydrogen (secondary N) is 2. The molecule has 1 fully saturated rings. The normalized spacial score (nSPS) is 21.0. The van der Waals surface area contributed by atoms with E-state index in [-0.39, 0.29) is 30.4 Å². The Labute approximate surface area is 123 Å². The van der Waals surface area contributed by atoms with Gasteiger partial charge in [0.05, 0.1) is 19.1 Å². The zero-order valence-corrected chi connectivity index (χ0v) is 12.9. The molecule has 2 amide bonds. The van der Waals surface area contributed by atoms with Crippen molar-refractivity contribution in [3.63, 3.8) is 0 Å². The van der Waals surface area contributed by atoms with Crippen LogP contribution >= 0.6 is 12.4 Å². The molecule has 0 aromatic rings. The van der Waals surface area contributed by atoms with E-state index >= 15 is 0 Å². The number of halogens is 3. The van der Waals surface area contributed by atoms with Crippen LogP contribution in [0, 0.1) is 0 Å². The Balaban J connectivity index is 0.00000361. The van der Waals surface area contributed by atoms with Crippen molar-refractivity contribution in [3.8, 4) is 0 Å². The predicted molar refractivity (Wildman–Crippen MR) is 74.1 cm³/mol. The molecule has 1 rings (SSSR count). The summed E-state index contributed by atoms with van der Waals surface area (Å²) in [6, 6.07) is -0.914. The van der Waals surface area contributed by atoms with E-state index in [1.54, 1.807) is 0 Å². The number of rotatable bonds is 3. The summed E-state index contributed by atoms with van der Waals surface area (Å²) >= 11 is 0. The number of likely N-dealkylation sites (N-methyl/N-ethyl adjacent to an activating group) is 1. The van der Waals surface area contributed by atoms with Crippen LogP contribution in [0.1, 0.15) is 27.2 Å². The van der Waals surface area contributed by atoms with Crippen LogP contribution in [0.2, 0.25) is 0 Å². The Bertz CT molecular complexity index is 372. The molecule has 20 heavy (non-hydrogen) atoms. The molecule has 0 radical (unpaired) electrons. The Morgan fingerprint density at radius 3 is 2.35 bits per heavy atom. The Kier molecular flexibility index (Phi) is 6.35. The van der Waals surface area contributed by atoms with E-state index in [9.17, 15) is 18.4 Å². The Morgan fingerprint density at radius 1 is 1.40 bits per heavy atom. The van der Waals surface area contributed by atoms with Crippen LogP contribution in [0.25, 0.3) is 0 Å². The summed E-state index contributed by atoms with van der Waals surface area (Å²) in [5.74, 6) is -3.65. The molecule has 1 unspecified atom stereocenters. The lowest BCUT2D eigenvalue weighted by Crippen LogP contribution is -2.49. The van der Waals surface area contributed by atoms with Crippen LogP contribution in [0.3, 0.4) is 0 Å². The highest BCUT2D eigenvalue weighted by Crippen LogP contribution is 2.25. The average Bonchev–Trinajstić information content (AvgIpc) is 2.54. The SMILES string of the molecule is CN(CC(=O)NC(C)(C)C)C(=O)C1CC(F)(F)CN1.Cl. The van der Waals surface area contributed by atoms with E-state index in [1.807, 2.05) is 20.8 Å². The van der Waals surface area contributed by atoms with Gasteiger partial charge >= 0.3 is 0 Å². The second-order valence-corrected chi connectivity index (χ2v) is 5.99. The number of nitrogens with zero attached hydrogens (tertiary/aromatic N) is 1. The first-order valence-corrected chi connectivity index (χ1v) is 6.17. The fourth-order valence-electron chi connectivity index (χ4n) is 1.91. The van der Waals surface area contributed by atoms with Crippen molar-refractivity contribution in [2.45, 2.75) is 44.7 Å². The quantitative estimate of drug-likeness (QED) is 0.809. The number of carbonyl (C=O) groups is 2. The lowest BCUT2D eigenvalue weighted by atomic mass is 10.1. The maximum atomic E-state index is 13.0. The molecule has 1 heterocycles. The minimum Gasteiger partial charge on any atom is -0.350 e. The molecule has 0 spiro atoms. The molecule has 8 heteroatoms. The highest BCUT2D eigenvalue weighted by atomic mass is 35.5. The highest BCUT2D eigenvalue weighted by Gasteiger charge is 2.43. The second-order valence-electron chi connectivity index (χ2n) is 5.99. The summed E-state index contributed by atoms with van der Waals surface area (Å²) in [4.78, 5) is 24.7. The van der Waals surface area contributed by atoms with E-state index in [1.165, 1.54) is 11.9 Å². The first-order valence-electron chi connectivity index (χ1n) is 6.17. The summed E-state index contributed by atoms with van der Waals surface area (Å²) < 4.78 is 26.0. The van der Waals surface area contributed by atoms with Crippen molar-refractivity contribution in [1.82, 2.24) is 15.5 Å². The van der Waals surface area contributed by atoms with Gasteiger partial charge in [-0.1, -0.05) is 0 Å². The first-order chi connectivity index (χ1) is 8.50. The van der Waals surface area contributed by atoms with E-state index in [2.05, 4.69) is 10.6 Å². The molecule has 0 saturated carbocycles.